The van der Waals surface area contributed by atoms with Crippen molar-refractivity contribution < 1.29 is 4.79 Å². The van der Waals surface area contributed by atoms with E-state index in [-0.39, 0.29) is 11.9 Å². The van der Waals surface area contributed by atoms with Gasteiger partial charge in [0.1, 0.15) is 0 Å². The van der Waals surface area contributed by atoms with Crippen LogP contribution in [0.25, 0.3) is 0 Å². The van der Waals surface area contributed by atoms with Gasteiger partial charge in [-0.1, -0.05) is 20.8 Å². The highest BCUT2D eigenvalue weighted by Crippen LogP contribution is 2.00. The second-order valence-electron chi connectivity index (χ2n) is 4.54. The highest BCUT2D eigenvalue weighted by atomic mass is 16.1. The Morgan fingerprint density at radius 3 is 2.12 bits per heavy atom. The fourth-order valence-corrected chi connectivity index (χ4v) is 1.94. The fourth-order valence-electron chi connectivity index (χ4n) is 1.94. The van der Waals surface area contributed by atoms with Gasteiger partial charge in [0.15, 0.2) is 0 Å². The van der Waals surface area contributed by atoms with Crippen LogP contribution in [0.2, 0.25) is 0 Å². The molecule has 17 heavy (non-hydrogen) atoms. The molecule has 0 aliphatic carbocycles. The molecule has 1 atom stereocenters. The Morgan fingerprint density at radius 2 is 1.71 bits per heavy atom. The van der Waals surface area contributed by atoms with Crippen LogP contribution in [-0.4, -0.2) is 43.0 Å². The number of hydrogen-bond donors (Lipinski definition) is 2. The van der Waals surface area contributed by atoms with Crippen LogP contribution in [0.15, 0.2) is 0 Å². The normalized spacial score (nSPS) is 12.9. The number of nitrogens with one attached hydrogen (secondary N) is 1. The third kappa shape index (κ3) is 8.16. The van der Waals surface area contributed by atoms with Crippen molar-refractivity contribution in [1.82, 2.24) is 10.2 Å². The molecule has 0 heterocycles. The van der Waals surface area contributed by atoms with E-state index in [0.717, 1.165) is 51.9 Å². The van der Waals surface area contributed by atoms with E-state index in [1.54, 1.807) is 0 Å². The second kappa shape index (κ2) is 10.5. The Hall–Kier alpha value is -0.610. The van der Waals surface area contributed by atoms with Crippen molar-refractivity contribution in [2.45, 2.75) is 52.5 Å². The summed E-state index contributed by atoms with van der Waals surface area (Å²) in [5, 5.41) is 3.21. The number of hydrogen-bond acceptors (Lipinski definition) is 3. The lowest BCUT2D eigenvalue weighted by atomic mass is 10.1. The zero-order valence-corrected chi connectivity index (χ0v) is 11.7. The van der Waals surface area contributed by atoms with E-state index in [0.29, 0.717) is 0 Å². The topological polar surface area (TPSA) is 58.4 Å². The molecule has 0 bridgehead atoms. The van der Waals surface area contributed by atoms with Crippen molar-refractivity contribution in [3.05, 3.63) is 0 Å². The zero-order valence-electron chi connectivity index (χ0n) is 11.7. The Morgan fingerprint density at radius 1 is 1.12 bits per heavy atom. The molecular formula is C13H29N3O. The third-order valence-corrected chi connectivity index (χ3v) is 2.80. The first kappa shape index (κ1) is 16.4. The lowest BCUT2D eigenvalue weighted by molar-refractivity contribution is -0.120. The van der Waals surface area contributed by atoms with Crippen LogP contribution in [0.3, 0.4) is 0 Å². The van der Waals surface area contributed by atoms with Gasteiger partial charge >= 0.3 is 0 Å². The number of amides is 1. The Bertz CT molecular complexity index is 191. The smallest absolute Gasteiger partial charge is 0.234 e. The predicted octanol–water partition coefficient (Wildman–Crippen LogP) is 1.35. The van der Waals surface area contributed by atoms with Crippen molar-refractivity contribution in [2.75, 3.05) is 26.2 Å². The van der Waals surface area contributed by atoms with Crippen LogP contribution in [0.4, 0.5) is 0 Å². The van der Waals surface area contributed by atoms with Crippen LogP contribution >= 0.6 is 0 Å². The lowest BCUT2D eigenvalue weighted by Gasteiger charge is -2.23. The molecule has 0 spiro atoms. The van der Waals surface area contributed by atoms with Gasteiger partial charge in [0, 0.05) is 6.54 Å². The number of rotatable bonds is 11. The minimum absolute atomic E-state index is 0.175. The number of nitrogens with two attached hydrogens (primary N) is 1. The standard InChI is InChI=1S/C13H29N3O/c1-4-8-15-12(13(14)17)7-11-16(9-5-2)10-6-3/h12,15H,4-11H2,1-3H3,(H2,14,17). The maximum Gasteiger partial charge on any atom is 0.234 e. The largest absolute Gasteiger partial charge is 0.368 e. The van der Waals surface area contributed by atoms with Crippen molar-refractivity contribution in [1.29, 1.82) is 0 Å². The SMILES string of the molecule is CCCNC(CCN(CCC)CCC)C(N)=O. The number of carbonyl (C=O) groups is 1. The minimum Gasteiger partial charge on any atom is -0.368 e. The first-order chi connectivity index (χ1) is 8.15. The molecule has 1 unspecified atom stereocenters. The van der Waals surface area contributed by atoms with E-state index in [9.17, 15) is 4.79 Å². The van der Waals surface area contributed by atoms with E-state index >= 15 is 0 Å². The quantitative estimate of drug-likeness (QED) is 0.576. The molecule has 0 saturated heterocycles. The lowest BCUT2D eigenvalue weighted by Crippen LogP contribution is -2.44. The minimum atomic E-state index is -0.230. The molecule has 1 amide bonds. The van der Waals surface area contributed by atoms with E-state index in [4.69, 9.17) is 5.73 Å². The summed E-state index contributed by atoms with van der Waals surface area (Å²) in [6, 6.07) is -0.175. The van der Waals surface area contributed by atoms with Crippen LogP contribution in [0.5, 0.6) is 0 Å². The molecule has 0 aromatic carbocycles. The summed E-state index contributed by atoms with van der Waals surface area (Å²) in [6.45, 7) is 10.5. The summed E-state index contributed by atoms with van der Waals surface area (Å²) in [7, 11) is 0. The molecule has 4 heteroatoms. The molecule has 0 fully saturated rings. The molecule has 0 aliphatic heterocycles. The molecule has 0 saturated carbocycles. The average Bonchev–Trinajstić information content (AvgIpc) is 2.29. The number of primary amides is 1. The van der Waals surface area contributed by atoms with Crippen molar-refractivity contribution in [2.24, 2.45) is 5.73 Å². The van der Waals surface area contributed by atoms with E-state index in [1.807, 2.05) is 0 Å². The summed E-state index contributed by atoms with van der Waals surface area (Å²) in [4.78, 5) is 13.7. The van der Waals surface area contributed by atoms with Crippen molar-refractivity contribution in [3.63, 3.8) is 0 Å². The molecule has 0 aliphatic rings. The molecule has 4 nitrogen and oxygen atoms in total. The van der Waals surface area contributed by atoms with Gasteiger partial charge in [-0.2, -0.15) is 0 Å². The van der Waals surface area contributed by atoms with E-state index < -0.39 is 0 Å². The predicted molar refractivity (Wildman–Crippen MR) is 72.9 cm³/mol. The first-order valence-corrected chi connectivity index (χ1v) is 6.90. The van der Waals surface area contributed by atoms with Crippen molar-refractivity contribution >= 4 is 5.91 Å². The summed E-state index contributed by atoms with van der Waals surface area (Å²) in [5.74, 6) is -0.230. The van der Waals surface area contributed by atoms with Gasteiger partial charge in [0.2, 0.25) is 5.91 Å². The number of nitrogens with zero attached hydrogens (tertiary/aromatic N) is 1. The number of carbonyl (C=O) groups excluding carboxylic acids is 1. The van der Waals surface area contributed by atoms with E-state index in [1.165, 1.54) is 0 Å². The van der Waals surface area contributed by atoms with E-state index in [2.05, 4.69) is 31.0 Å². The van der Waals surface area contributed by atoms with Gasteiger partial charge < -0.3 is 16.0 Å². The molecule has 0 radical (unpaired) electrons. The van der Waals surface area contributed by atoms with Crippen LogP contribution in [-0.2, 0) is 4.79 Å². The van der Waals surface area contributed by atoms with Gasteiger partial charge in [0.25, 0.3) is 0 Å². The highest BCUT2D eigenvalue weighted by Gasteiger charge is 2.15. The van der Waals surface area contributed by atoms with Crippen LogP contribution in [0, 0.1) is 0 Å². The Kier molecular flexibility index (Phi) is 10.2. The van der Waals surface area contributed by atoms with Gasteiger partial charge in [-0.25, -0.2) is 0 Å². The van der Waals surface area contributed by atoms with Gasteiger partial charge in [-0.05, 0) is 45.3 Å². The maximum atomic E-state index is 11.3. The monoisotopic (exact) mass is 243 g/mol. The Labute approximate surface area is 106 Å². The molecule has 102 valence electrons. The van der Waals surface area contributed by atoms with Gasteiger partial charge in [0.05, 0.1) is 6.04 Å². The molecule has 0 aromatic heterocycles. The molecule has 0 rings (SSSR count). The van der Waals surface area contributed by atoms with Gasteiger partial charge in [-0.15, -0.1) is 0 Å². The maximum absolute atomic E-state index is 11.3. The zero-order chi connectivity index (χ0) is 13.1. The van der Waals surface area contributed by atoms with Crippen LogP contribution < -0.4 is 11.1 Å². The first-order valence-electron chi connectivity index (χ1n) is 6.90. The highest BCUT2D eigenvalue weighted by molar-refractivity contribution is 5.79. The molecule has 3 N–H and O–H groups in total. The molecular weight excluding hydrogens is 214 g/mol. The third-order valence-electron chi connectivity index (χ3n) is 2.80. The van der Waals surface area contributed by atoms with Gasteiger partial charge in [-0.3, -0.25) is 4.79 Å². The Balaban J connectivity index is 4.01. The summed E-state index contributed by atoms with van der Waals surface area (Å²) >= 11 is 0. The summed E-state index contributed by atoms with van der Waals surface area (Å²) < 4.78 is 0. The average molecular weight is 243 g/mol. The second-order valence-corrected chi connectivity index (χ2v) is 4.54. The summed E-state index contributed by atoms with van der Waals surface area (Å²) in [5.41, 5.74) is 5.39. The summed E-state index contributed by atoms with van der Waals surface area (Å²) in [6.07, 6.45) is 4.15. The van der Waals surface area contributed by atoms with Crippen molar-refractivity contribution in [3.8, 4) is 0 Å². The fraction of sp³-hybridized carbons (Fsp3) is 0.923. The molecule has 0 aromatic rings. The van der Waals surface area contributed by atoms with Crippen LogP contribution in [0.1, 0.15) is 46.5 Å².